The lowest BCUT2D eigenvalue weighted by atomic mass is 10.1. The van der Waals surface area contributed by atoms with Crippen LogP contribution >= 0.6 is 0 Å². The lowest BCUT2D eigenvalue weighted by molar-refractivity contribution is -0.230. The summed E-state index contributed by atoms with van der Waals surface area (Å²) in [6.07, 6.45) is -0.212. The molecule has 172 valence electrons. The number of benzene rings is 1. The Morgan fingerprint density at radius 2 is 1.76 bits per heavy atom. The van der Waals surface area contributed by atoms with Crippen LogP contribution in [0.15, 0.2) is 60.8 Å². The Morgan fingerprint density at radius 3 is 2.52 bits per heavy atom. The lowest BCUT2D eigenvalue weighted by Crippen LogP contribution is -2.33. The van der Waals surface area contributed by atoms with E-state index in [0.29, 0.717) is 22.3 Å². The molecule has 5 rings (SSSR count). The first-order chi connectivity index (χ1) is 15.9. The molecule has 3 aromatic rings. The maximum atomic E-state index is 13.1. The van der Waals surface area contributed by atoms with Gasteiger partial charge in [-0.1, -0.05) is 36.4 Å². The fourth-order valence-corrected chi connectivity index (χ4v) is 4.43. The van der Waals surface area contributed by atoms with Crippen LogP contribution < -0.4 is 0 Å². The number of fused-ring (bicyclic) bond motifs is 2. The minimum atomic E-state index is -0.774. The van der Waals surface area contributed by atoms with Gasteiger partial charge in [0.15, 0.2) is 12.1 Å². The van der Waals surface area contributed by atoms with Crippen molar-refractivity contribution in [1.29, 1.82) is 0 Å². The Bertz CT molecular complexity index is 1190. The number of carbonyl (C=O) groups excluding carboxylic acids is 2. The number of ether oxygens (including phenoxy) is 5. The Hall–Kier alpha value is -3.04. The summed E-state index contributed by atoms with van der Waals surface area (Å²) in [6.45, 7) is 3.60. The summed E-state index contributed by atoms with van der Waals surface area (Å²) in [7, 11) is 1.53. The fraction of sp³-hybridized carbons (Fsp3) is 0.360. The molecule has 2 aliphatic rings. The molecule has 2 aromatic heterocycles. The summed E-state index contributed by atoms with van der Waals surface area (Å²) < 4.78 is 30.3. The highest BCUT2D eigenvalue weighted by atomic mass is 16.8. The minimum Gasteiger partial charge on any atom is -0.459 e. The van der Waals surface area contributed by atoms with Gasteiger partial charge in [0.05, 0.1) is 16.8 Å². The summed E-state index contributed by atoms with van der Waals surface area (Å²) in [4.78, 5) is 26.1. The molecule has 2 saturated heterocycles. The topological polar surface area (TPSA) is 84.7 Å². The van der Waals surface area contributed by atoms with Gasteiger partial charge in [0, 0.05) is 18.9 Å². The van der Waals surface area contributed by atoms with Gasteiger partial charge in [-0.15, -0.1) is 0 Å². The molecule has 4 atom stereocenters. The van der Waals surface area contributed by atoms with Crippen molar-refractivity contribution in [3.8, 4) is 0 Å². The largest absolute Gasteiger partial charge is 0.459 e. The average molecular weight is 451 g/mol. The van der Waals surface area contributed by atoms with Gasteiger partial charge in [0.1, 0.15) is 24.9 Å². The second kappa shape index (κ2) is 8.39. The summed E-state index contributed by atoms with van der Waals surface area (Å²) >= 11 is 0. The summed E-state index contributed by atoms with van der Waals surface area (Å²) in [6, 6.07) is 15.9. The van der Waals surface area contributed by atoms with Crippen LogP contribution in [0, 0.1) is 0 Å². The Morgan fingerprint density at radius 1 is 1.03 bits per heavy atom. The van der Waals surface area contributed by atoms with Gasteiger partial charge in [0.25, 0.3) is 0 Å². The van der Waals surface area contributed by atoms with Crippen molar-refractivity contribution in [3.05, 3.63) is 77.6 Å². The lowest BCUT2D eigenvalue weighted by Gasteiger charge is -2.23. The van der Waals surface area contributed by atoms with Crippen molar-refractivity contribution in [3.63, 3.8) is 0 Å². The van der Waals surface area contributed by atoms with E-state index in [2.05, 4.69) is 0 Å². The van der Waals surface area contributed by atoms with Gasteiger partial charge in [-0.25, -0.2) is 4.79 Å². The van der Waals surface area contributed by atoms with Gasteiger partial charge in [-0.2, -0.15) is 0 Å². The van der Waals surface area contributed by atoms with E-state index in [4.69, 9.17) is 23.7 Å². The average Bonchev–Trinajstić information content (AvgIpc) is 3.46. The number of esters is 1. The van der Waals surface area contributed by atoms with E-state index in [9.17, 15) is 9.59 Å². The van der Waals surface area contributed by atoms with Gasteiger partial charge >= 0.3 is 5.97 Å². The Balaban J connectivity index is 1.37. The number of hydrogen-bond donors (Lipinski definition) is 0. The minimum absolute atomic E-state index is 0.0363. The van der Waals surface area contributed by atoms with E-state index in [0.717, 1.165) is 0 Å². The third-order valence-corrected chi connectivity index (χ3v) is 5.88. The number of ketones is 1. The highest BCUT2D eigenvalue weighted by molar-refractivity contribution is 6.11. The first-order valence-electron chi connectivity index (χ1n) is 10.8. The van der Waals surface area contributed by atoms with Crippen LogP contribution in [-0.2, 0) is 23.7 Å². The molecule has 0 N–H and O–H groups in total. The van der Waals surface area contributed by atoms with Gasteiger partial charge in [-0.05, 0) is 32.0 Å². The summed E-state index contributed by atoms with van der Waals surface area (Å²) in [5, 5.41) is 0. The Kier molecular flexibility index (Phi) is 5.54. The summed E-state index contributed by atoms with van der Waals surface area (Å²) in [5.41, 5.74) is 1.81. The van der Waals surface area contributed by atoms with Crippen molar-refractivity contribution in [2.24, 2.45) is 0 Å². The molecule has 0 bridgehead atoms. The normalized spacial score (nSPS) is 25.8. The zero-order chi connectivity index (χ0) is 23.2. The quantitative estimate of drug-likeness (QED) is 0.420. The SMILES string of the molecule is CO[C@@H]1O[C@H](COC(=O)c2cc(C(=O)c3ccccc3)n3ccccc23)[C@H]2OC(C)(C)O[C@@H]12. The third-order valence-electron chi connectivity index (χ3n) is 5.88. The monoisotopic (exact) mass is 451 g/mol. The molecule has 2 fully saturated rings. The predicted molar refractivity (Wildman–Crippen MR) is 117 cm³/mol. The van der Waals surface area contributed by atoms with Crippen LogP contribution in [0.4, 0.5) is 0 Å². The van der Waals surface area contributed by atoms with Crippen LogP contribution in [0.1, 0.15) is 40.3 Å². The van der Waals surface area contributed by atoms with E-state index in [-0.39, 0.29) is 12.4 Å². The molecule has 8 heteroatoms. The molecule has 0 unspecified atom stereocenters. The standard InChI is InChI=1S/C25H25NO7/c1-25(2)32-21-19(31-24(29-3)22(21)33-25)14-30-23(28)16-13-18(26-12-8-7-11-17(16)26)20(27)15-9-5-4-6-10-15/h4-13,19,21-22,24H,14H2,1-3H3/t19-,21-,22-,24-/m1/s1. The first kappa shape index (κ1) is 21.8. The molecule has 0 saturated carbocycles. The second-order valence-electron chi connectivity index (χ2n) is 8.54. The van der Waals surface area contributed by atoms with E-state index < -0.39 is 36.4 Å². The predicted octanol–water partition coefficient (Wildman–Crippen LogP) is 3.22. The van der Waals surface area contributed by atoms with E-state index in [1.54, 1.807) is 53.1 Å². The van der Waals surface area contributed by atoms with Gasteiger partial charge in [-0.3, -0.25) is 4.79 Å². The number of pyridine rings is 1. The van der Waals surface area contributed by atoms with E-state index in [1.165, 1.54) is 7.11 Å². The number of carbonyl (C=O) groups is 2. The smallest absolute Gasteiger partial charge is 0.340 e. The van der Waals surface area contributed by atoms with Crippen molar-refractivity contribution in [2.45, 2.75) is 44.2 Å². The number of rotatable bonds is 6. The zero-order valence-electron chi connectivity index (χ0n) is 18.6. The fourth-order valence-electron chi connectivity index (χ4n) is 4.43. The number of nitrogens with zero attached hydrogens (tertiary/aromatic N) is 1. The van der Waals surface area contributed by atoms with Crippen LogP contribution in [0.2, 0.25) is 0 Å². The van der Waals surface area contributed by atoms with Crippen LogP contribution in [-0.4, -0.2) is 60.3 Å². The molecule has 8 nitrogen and oxygen atoms in total. The molecule has 4 heterocycles. The van der Waals surface area contributed by atoms with Crippen LogP contribution in [0.25, 0.3) is 5.52 Å². The maximum Gasteiger partial charge on any atom is 0.340 e. The van der Waals surface area contributed by atoms with E-state index in [1.807, 2.05) is 26.0 Å². The maximum absolute atomic E-state index is 13.1. The number of hydrogen-bond acceptors (Lipinski definition) is 7. The molecule has 0 spiro atoms. The highest BCUT2D eigenvalue weighted by Gasteiger charge is 2.55. The zero-order valence-corrected chi connectivity index (χ0v) is 18.6. The molecule has 0 aliphatic carbocycles. The van der Waals surface area contributed by atoms with Crippen molar-refractivity contribution < 1.29 is 33.3 Å². The highest BCUT2D eigenvalue weighted by Crippen LogP contribution is 2.39. The van der Waals surface area contributed by atoms with E-state index >= 15 is 0 Å². The second-order valence-corrected chi connectivity index (χ2v) is 8.54. The van der Waals surface area contributed by atoms with Gasteiger partial charge in [0.2, 0.25) is 5.78 Å². The number of methoxy groups -OCH3 is 1. The third kappa shape index (κ3) is 3.95. The first-order valence-corrected chi connectivity index (χ1v) is 10.8. The Labute approximate surface area is 191 Å². The van der Waals surface area contributed by atoms with Crippen LogP contribution in [0.3, 0.4) is 0 Å². The molecular formula is C25H25NO7. The molecule has 1 aromatic carbocycles. The number of aromatic nitrogens is 1. The van der Waals surface area contributed by atoms with Crippen molar-refractivity contribution >= 4 is 17.3 Å². The molecule has 33 heavy (non-hydrogen) atoms. The van der Waals surface area contributed by atoms with Crippen LogP contribution in [0.5, 0.6) is 0 Å². The summed E-state index contributed by atoms with van der Waals surface area (Å²) in [5.74, 6) is -1.51. The molecule has 0 radical (unpaired) electrons. The molecule has 2 aliphatic heterocycles. The van der Waals surface area contributed by atoms with Gasteiger partial charge < -0.3 is 28.1 Å². The molecule has 0 amide bonds. The van der Waals surface area contributed by atoms with Crippen molar-refractivity contribution in [2.75, 3.05) is 13.7 Å². The van der Waals surface area contributed by atoms with Crippen molar-refractivity contribution in [1.82, 2.24) is 4.40 Å². The molecular weight excluding hydrogens is 426 g/mol.